The number of aliphatic hydroxyl groups excluding tert-OH is 1. The van der Waals surface area contributed by atoms with Crippen molar-refractivity contribution in [2.75, 3.05) is 0 Å². The molecule has 0 fully saturated rings. The van der Waals surface area contributed by atoms with Crippen molar-refractivity contribution in [2.45, 2.75) is 41.0 Å². The van der Waals surface area contributed by atoms with E-state index in [1.165, 1.54) is 13.0 Å². The van der Waals surface area contributed by atoms with E-state index in [0.29, 0.717) is 0 Å². The number of hydrogen-bond donors (Lipinski definition) is 1. The molecule has 0 saturated carbocycles. The van der Waals surface area contributed by atoms with Gasteiger partial charge in [0.25, 0.3) is 0 Å². The molecule has 0 aliphatic rings. The molecule has 0 aromatic heterocycles. The van der Waals surface area contributed by atoms with Gasteiger partial charge in [0.2, 0.25) is 0 Å². The van der Waals surface area contributed by atoms with Gasteiger partial charge < -0.3 is 5.11 Å². The molecule has 1 N–H and O–H groups in total. The van der Waals surface area contributed by atoms with E-state index in [1.807, 2.05) is 6.92 Å². The van der Waals surface area contributed by atoms with Crippen LogP contribution >= 0.6 is 0 Å². The van der Waals surface area contributed by atoms with Gasteiger partial charge in [0.15, 0.2) is 5.78 Å². The molecule has 1 atom stereocenters. The zero-order valence-electron chi connectivity index (χ0n) is 9.22. The predicted octanol–water partition coefficient (Wildman–Crippen LogP) is 3.09. The first-order valence-corrected chi connectivity index (χ1v) is 4.70. The zero-order chi connectivity index (χ0) is 10.6. The molecule has 0 aromatic carbocycles. The Morgan fingerprint density at radius 1 is 1.46 bits per heavy atom. The van der Waals surface area contributed by atoms with Crippen molar-refractivity contribution >= 4 is 5.78 Å². The van der Waals surface area contributed by atoms with Crippen LogP contribution in [0.25, 0.3) is 0 Å². The molecule has 0 bridgehead atoms. The van der Waals surface area contributed by atoms with Gasteiger partial charge in [-0.1, -0.05) is 27.7 Å². The highest BCUT2D eigenvalue weighted by Gasteiger charge is 2.26. The Balaban J connectivity index is 4.69. The van der Waals surface area contributed by atoms with E-state index < -0.39 is 0 Å². The van der Waals surface area contributed by atoms with Crippen LogP contribution in [-0.2, 0) is 4.79 Å². The molecule has 2 heteroatoms. The third kappa shape index (κ3) is 4.11. The number of hydrogen-bond acceptors (Lipinski definition) is 2. The molecular formula is C11H20O2. The average molecular weight is 184 g/mol. The number of rotatable bonds is 3. The molecular weight excluding hydrogens is 164 g/mol. The summed E-state index contributed by atoms with van der Waals surface area (Å²) in [6, 6.07) is 0. The lowest BCUT2D eigenvalue weighted by atomic mass is 9.77. The zero-order valence-corrected chi connectivity index (χ0v) is 9.22. The lowest BCUT2D eigenvalue weighted by Gasteiger charge is -2.29. The maximum absolute atomic E-state index is 10.8. The van der Waals surface area contributed by atoms with Crippen molar-refractivity contribution in [3.05, 3.63) is 11.8 Å². The first-order valence-electron chi connectivity index (χ1n) is 4.70. The molecule has 0 spiro atoms. The molecule has 0 rings (SSSR count). The largest absolute Gasteiger partial charge is 0.512 e. The van der Waals surface area contributed by atoms with Crippen molar-refractivity contribution in [1.82, 2.24) is 0 Å². The molecule has 1 unspecified atom stereocenters. The number of ketones is 1. The lowest BCUT2D eigenvalue weighted by Crippen LogP contribution is -2.22. The second-order valence-corrected chi connectivity index (χ2v) is 4.51. The number of carbonyl (C=O) groups is 1. The Labute approximate surface area is 80.7 Å². The van der Waals surface area contributed by atoms with Crippen LogP contribution in [0.4, 0.5) is 0 Å². The first kappa shape index (κ1) is 12.2. The average Bonchev–Trinajstić information content (AvgIpc) is 1.82. The molecule has 0 aromatic rings. The van der Waals surface area contributed by atoms with E-state index in [2.05, 4.69) is 20.8 Å². The second kappa shape index (κ2) is 4.45. The van der Waals surface area contributed by atoms with Crippen LogP contribution in [0.1, 0.15) is 41.0 Å². The molecule has 76 valence electrons. The van der Waals surface area contributed by atoms with Gasteiger partial charge in [-0.15, -0.1) is 0 Å². The molecule has 0 saturated heterocycles. The van der Waals surface area contributed by atoms with Crippen LogP contribution < -0.4 is 0 Å². The summed E-state index contributed by atoms with van der Waals surface area (Å²) < 4.78 is 0. The lowest BCUT2D eigenvalue weighted by molar-refractivity contribution is -0.112. The molecule has 2 nitrogen and oxygen atoms in total. The van der Waals surface area contributed by atoms with Crippen LogP contribution in [0.5, 0.6) is 0 Å². The highest BCUT2D eigenvalue weighted by Crippen LogP contribution is 2.33. The van der Waals surface area contributed by atoms with Crippen LogP contribution in [0.2, 0.25) is 0 Å². The SMILES string of the molecule is CCC(C(O)=CC(C)=O)C(C)(C)C. The Kier molecular flexibility index (Phi) is 4.18. The van der Waals surface area contributed by atoms with E-state index in [9.17, 15) is 9.90 Å². The highest BCUT2D eigenvalue weighted by molar-refractivity contribution is 5.87. The number of allylic oxidation sites excluding steroid dienone is 2. The van der Waals surface area contributed by atoms with Crippen molar-refractivity contribution in [3.63, 3.8) is 0 Å². The summed E-state index contributed by atoms with van der Waals surface area (Å²) in [5, 5.41) is 9.66. The van der Waals surface area contributed by atoms with Crippen molar-refractivity contribution in [3.8, 4) is 0 Å². The van der Waals surface area contributed by atoms with Gasteiger partial charge in [0.05, 0.1) is 5.76 Å². The quantitative estimate of drug-likeness (QED) is 0.540. The van der Waals surface area contributed by atoms with Gasteiger partial charge in [-0.2, -0.15) is 0 Å². The molecule has 13 heavy (non-hydrogen) atoms. The Morgan fingerprint density at radius 2 is 1.92 bits per heavy atom. The topological polar surface area (TPSA) is 37.3 Å². The molecule has 0 amide bonds. The van der Waals surface area contributed by atoms with E-state index >= 15 is 0 Å². The summed E-state index contributed by atoms with van der Waals surface area (Å²) in [7, 11) is 0. The van der Waals surface area contributed by atoms with E-state index in [1.54, 1.807) is 0 Å². The van der Waals surface area contributed by atoms with Gasteiger partial charge in [-0.3, -0.25) is 4.79 Å². The Hall–Kier alpha value is -0.790. The minimum absolute atomic E-state index is 0.00475. The van der Waals surface area contributed by atoms with Crippen molar-refractivity contribution in [1.29, 1.82) is 0 Å². The fraction of sp³-hybridized carbons (Fsp3) is 0.727. The van der Waals surface area contributed by atoms with Gasteiger partial charge >= 0.3 is 0 Å². The van der Waals surface area contributed by atoms with Gasteiger partial charge in [0.1, 0.15) is 0 Å². The van der Waals surface area contributed by atoms with Crippen LogP contribution in [0.15, 0.2) is 11.8 Å². The first-order chi connectivity index (χ1) is 5.79. The van der Waals surface area contributed by atoms with Crippen LogP contribution in [0, 0.1) is 11.3 Å². The minimum atomic E-state index is -0.0970. The second-order valence-electron chi connectivity index (χ2n) is 4.51. The van der Waals surface area contributed by atoms with Gasteiger partial charge in [0, 0.05) is 12.0 Å². The van der Waals surface area contributed by atoms with Crippen molar-refractivity contribution in [2.24, 2.45) is 11.3 Å². The maximum atomic E-state index is 10.8. The number of aliphatic hydroxyl groups is 1. The third-order valence-corrected chi connectivity index (χ3v) is 2.16. The fourth-order valence-electron chi connectivity index (χ4n) is 1.57. The minimum Gasteiger partial charge on any atom is -0.512 e. The van der Waals surface area contributed by atoms with Crippen LogP contribution in [-0.4, -0.2) is 10.9 Å². The Bertz CT molecular complexity index is 209. The highest BCUT2D eigenvalue weighted by atomic mass is 16.3. The third-order valence-electron chi connectivity index (χ3n) is 2.16. The number of carbonyl (C=O) groups excluding carboxylic acids is 1. The normalized spacial score (nSPS) is 15.6. The molecule has 0 aliphatic carbocycles. The van der Waals surface area contributed by atoms with Crippen molar-refractivity contribution < 1.29 is 9.90 Å². The standard InChI is InChI=1S/C11H20O2/c1-6-9(11(3,4)5)10(13)7-8(2)12/h7,9,13H,6H2,1-5H3. The summed E-state index contributed by atoms with van der Waals surface area (Å²) in [5.74, 6) is 0.180. The summed E-state index contributed by atoms with van der Waals surface area (Å²) in [4.78, 5) is 10.8. The van der Waals surface area contributed by atoms with E-state index in [4.69, 9.17) is 0 Å². The summed E-state index contributed by atoms with van der Waals surface area (Å²) >= 11 is 0. The molecule has 0 aliphatic heterocycles. The summed E-state index contributed by atoms with van der Waals surface area (Å²) in [6.45, 7) is 9.65. The smallest absolute Gasteiger partial charge is 0.155 e. The van der Waals surface area contributed by atoms with Crippen LogP contribution in [0.3, 0.4) is 0 Å². The maximum Gasteiger partial charge on any atom is 0.155 e. The fourth-order valence-corrected chi connectivity index (χ4v) is 1.57. The molecule has 0 radical (unpaired) electrons. The predicted molar refractivity (Wildman–Crippen MR) is 54.6 cm³/mol. The monoisotopic (exact) mass is 184 g/mol. The summed E-state index contributed by atoms with van der Waals surface area (Å²) in [5.41, 5.74) is 0.00475. The summed E-state index contributed by atoms with van der Waals surface area (Å²) in [6.07, 6.45) is 2.17. The van der Waals surface area contributed by atoms with E-state index in [-0.39, 0.29) is 22.9 Å². The Morgan fingerprint density at radius 3 is 2.15 bits per heavy atom. The van der Waals surface area contributed by atoms with Gasteiger partial charge in [-0.05, 0) is 18.8 Å². The van der Waals surface area contributed by atoms with Gasteiger partial charge in [-0.25, -0.2) is 0 Å². The molecule has 0 heterocycles. The van der Waals surface area contributed by atoms with E-state index in [0.717, 1.165) is 6.42 Å².